The van der Waals surface area contributed by atoms with Crippen LogP contribution in [0.25, 0.3) is 10.9 Å². The Kier molecular flexibility index (Phi) is 3.74. The number of fused-ring (bicyclic) bond motifs is 1. The molecular weight excluding hydrogens is 352 g/mol. The summed E-state index contributed by atoms with van der Waals surface area (Å²) < 4.78 is 0.786. The van der Waals surface area contributed by atoms with Crippen LogP contribution < -0.4 is 5.43 Å². The lowest BCUT2D eigenvalue weighted by molar-refractivity contribution is -0.141. The molecule has 0 radical (unpaired) electrons. The summed E-state index contributed by atoms with van der Waals surface area (Å²) in [6, 6.07) is 6.47. The van der Waals surface area contributed by atoms with Gasteiger partial charge < -0.3 is 15.0 Å². The van der Waals surface area contributed by atoms with E-state index in [0.29, 0.717) is 23.9 Å². The summed E-state index contributed by atoms with van der Waals surface area (Å²) in [5.41, 5.74) is 0.520. The van der Waals surface area contributed by atoms with Crippen molar-refractivity contribution in [1.82, 2.24) is 9.88 Å². The number of hydrogen-bond donors (Lipinski definition) is 2. The SMILES string of the molecule is O=C(O)[C@H]1CCN(C(=O)c2cc(=O)c3cc(Br)ccc3[nH]2)C1. The molecule has 1 saturated heterocycles. The van der Waals surface area contributed by atoms with Gasteiger partial charge in [0, 0.05) is 34.5 Å². The summed E-state index contributed by atoms with van der Waals surface area (Å²) in [5, 5.41) is 9.49. The fourth-order valence-corrected chi connectivity index (χ4v) is 3.01. The van der Waals surface area contributed by atoms with Crippen molar-refractivity contribution in [3.05, 3.63) is 44.7 Å². The van der Waals surface area contributed by atoms with Crippen molar-refractivity contribution in [3.63, 3.8) is 0 Å². The predicted octanol–water partition coefficient (Wildman–Crippen LogP) is 1.84. The van der Waals surface area contributed by atoms with E-state index in [1.54, 1.807) is 18.2 Å². The quantitative estimate of drug-likeness (QED) is 0.850. The first-order valence-electron chi connectivity index (χ1n) is 6.80. The molecule has 114 valence electrons. The largest absolute Gasteiger partial charge is 0.481 e. The molecule has 0 spiro atoms. The van der Waals surface area contributed by atoms with Crippen LogP contribution in [0.2, 0.25) is 0 Å². The van der Waals surface area contributed by atoms with Crippen molar-refractivity contribution < 1.29 is 14.7 Å². The van der Waals surface area contributed by atoms with Crippen molar-refractivity contribution >= 4 is 38.7 Å². The molecule has 1 atom stereocenters. The highest BCUT2D eigenvalue weighted by Crippen LogP contribution is 2.20. The smallest absolute Gasteiger partial charge is 0.308 e. The van der Waals surface area contributed by atoms with Crippen LogP contribution in [0.3, 0.4) is 0 Å². The van der Waals surface area contributed by atoms with E-state index in [0.717, 1.165) is 4.47 Å². The minimum Gasteiger partial charge on any atom is -0.481 e. The number of amides is 1. The molecule has 1 aliphatic rings. The number of carboxylic acid groups (broad SMARTS) is 1. The molecular formula is C15H13BrN2O4. The zero-order chi connectivity index (χ0) is 15.9. The fraction of sp³-hybridized carbons (Fsp3) is 0.267. The zero-order valence-corrected chi connectivity index (χ0v) is 13.1. The number of aromatic nitrogens is 1. The highest BCUT2D eigenvalue weighted by molar-refractivity contribution is 9.10. The Hall–Kier alpha value is -2.15. The second kappa shape index (κ2) is 5.57. The van der Waals surface area contributed by atoms with Crippen LogP contribution in [-0.4, -0.2) is 40.0 Å². The van der Waals surface area contributed by atoms with Crippen LogP contribution in [0.4, 0.5) is 0 Å². The lowest BCUT2D eigenvalue weighted by atomic mass is 10.1. The van der Waals surface area contributed by atoms with Crippen LogP contribution in [0.1, 0.15) is 16.9 Å². The Morgan fingerprint density at radius 1 is 1.32 bits per heavy atom. The number of nitrogens with one attached hydrogen (secondary N) is 1. The van der Waals surface area contributed by atoms with E-state index >= 15 is 0 Å². The maximum absolute atomic E-state index is 12.4. The van der Waals surface area contributed by atoms with E-state index in [1.165, 1.54) is 11.0 Å². The lowest BCUT2D eigenvalue weighted by Crippen LogP contribution is -2.31. The molecule has 6 nitrogen and oxygen atoms in total. The zero-order valence-electron chi connectivity index (χ0n) is 11.5. The molecule has 2 N–H and O–H groups in total. The number of carboxylic acids is 1. The van der Waals surface area contributed by atoms with Gasteiger partial charge in [-0.15, -0.1) is 0 Å². The monoisotopic (exact) mass is 364 g/mol. The maximum atomic E-state index is 12.4. The number of nitrogens with zero attached hydrogens (tertiary/aromatic N) is 1. The van der Waals surface area contributed by atoms with Gasteiger partial charge in [0.25, 0.3) is 5.91 Å². The van der Waals surface area contributed by atoms with Gasteiger partial charge in [-0.1, -0.05) is 15.9 Å². The standard InChI is InChI=1S/C15H13BrN2O4/c16-9-1-2-11-10(5-9)13(19)6-12(17-11)14(20)18-4-3-8(7-18)15(21)22/h1-2,5-6,8H,3-4,7H2,(H,17,19)(H,21,22)/t8-/m0/s1. The highest BCUT2D eigenvalue weighted by atomic mass is 79.9. The molecule has 0 saturated carbocycles. The Morgan fingerprint density at radius 3 is 2.77 bits per heavy atom. The normalized spacial score (nSPS) is 17.9. The number of benzene rings is 1. The number of likely N-dealkylation sites (tertiary alicyclic amines) is 1. The summed E-state index contributed by atoms with van der Waals surface area (Å²) >= 11 is 3.30. The summed E-state index contributed by atoms with van der Waals surface area (Å²) in [7, 11) is 0. The molecule has 0 bridgehead atoms. The number of carbonyl (C=O) groups excluding carboxylic acids is 1. The Labute approximate surface area is 133 Å². The number of aromatic amines is 1. The van der Waals surface area contributed by atoms with Crippen LogP contribution >= 0.6 is 15.9 Å². The van der Waals surface area contributed by atoms with Crippen molar-refractivity contribution in [2.75, 3.05) is 13.1 Å². The molecule has 2 heterocycles. The van der Waals surface area contributed by atoms with Gasteiger partial charge in [0.15, 0.2) is 5.43 Å². The molecule has 1 aromatic heterocycles. The second-order valence-electron chi connectivity index (χ2n) is 5.31. The third-order valence-corrected chi connectivity index (χ3v) is 4.34. The van der Waals surface area contributed by atoms with Gasteiger partial charge in [-0.2, -0.15) is 0 Å². The van der Waals surface area contributed by atoms with Crippen LogP contribution in [0.5, 0.6) is 0 Å². The third-order valence-electron chi connectivity index (χ3n) is 3.85. The molecule has 1 fully saturated rings. The summed E-state index contributed by atoms with van der Waals surface area (Å²) in [4.78, 5) is 40.0. The first-order valence-corrected chi connectivity index (χ1v) is 7.59. The van der Waals surface area contributed by atoms with Crippen molar-refractivity contribution in [2.24, 2.45) is 5.92 Å². The summed E-state index contributed by atoms with van der Waals surface area (Å²) in [6.07, 6.45) is 0.436. The number of rotatable bonds is 2. The maximum Gasteiger partial charge on any atom is 0.308 e. The minimum absolute atomic E-state index is 0.175. The van der Waals surface area contributed by atoms with E-state index in [-0.39, 0.29) is 23.6 Å². The lowest BCUT2D eigenvalue weighted by Gasteiger charge is -2.16. The van der Waals surface area contributed by atoms with Crippen LogP contribution in [-0.2, 0) is 4.79 Å². The van der Waals surface area contributed by atoms with E-state index in [9.17, 15) is 14.4 Å². The van der Waals surface area contributed by atoms with E-state index < -0.39 is 11.9 Å². The average molecular weight is 365 g/mol. The predicted molar refractivity (Wildman–Crippen MR) is 83.9 cm³/mol. The van der Waals surface area contributed by atoms with Gasteiger partial charge in [0.1, 0.15) is 5.69 Å². The molecule has 22 heavy (non-hydrogen) atoms. The number of aliphatic carboxylic acids is 1. The van der Waals surface area contributed by atoms with Crippen molar-refractivity contribution in [2.45, 2.75) is 6.42 Å². The molecule has 0 aliphatic carbocycles. The second-order valence-corrected chi connectivity index (χ2v) is 6.23. The first kappa shape index (κ1) is 14.8. The number of pyridine rings is 1. The molecule has 1 aliphatic heterocycles. The minimum atomic E-state index is -0.896. The number of hydrogen-bond acceptors (Lipinski definition) is 3. The molecule has 7 heteroatoms. The molecule has 1 amide bonds. The third kappa shape index (κ3) is 2.64. The molecule has 3 rings (SSSR count). The van der Waals surface area contributed by atoms with Crippen LogP contribution in [0, 0.1) is 5.92 Å². The van der Waals surface area contributed by atoms with Gasteiger partial charge in [0.2, 0.25) is 0 Å². The van der Waals surface area contributed by atoms with Gasteiger partial charge in [-0.25, -0.2) is 0 Å². The molecule has 0 unspecified atom stereocenters. The van der Waals surface area contributed by atoms with Crippen molar-refractivity contribution in [1.29, 1.82) is 0 Å². The molecule has 2 aromatic rings. The number of H-pyrrole nitrogens is 1. The topological polar surface area (TPSA) is 90.5 Å². The van der Waals surface area contributed by atoms with Gasteiger partial charge in [-0.3, -0.25) is 14.4 Å². The Morgan fingerprint density at radius 2 is 2.09 bits per heavy atom. The number of halogens is 1. The molecule has 1 aromatic carbocycles. The highest BCUT2D eigenvalue weighted by Gasteiger charge is 2.31. The van der Waals surface area contributed by atoms with Crippen molar-refractivity contribution in [3.8, 4) is 0 Å². The fourth-order valence-electron chi connectivity index (χ4n) is 2.65. The van der Waals surface area contributed by atoms with Gasteiger partial charge >= 0.3 is 5.97 Å². The van der Waals surface area contributed by atoms with E-state index in [4.69, 9.17) is 5.11 Å². The van der Waals surface area contributed by atoms with Crippen LogP contribution in [0.15, 0.2) is 33.5 Å². The van der Waals surface area contributed by atoms with E-state index in [1.807, 2.05) is 0 Å². The summed E-state index contributed by atoms with van der Waals surface area (Å²) in [5.74, 6) is -1.77. The first-order chi connectivity index (χ1) is 10.5. The van der Waals surface area contributed by atoms with Gasteiger partial charge in [-0.05, 0) is 24.6 Å². The number of carbonyl (C=O) groups is 2. The Bertz CT molecular complexity index is 830. The Balaban J connectivity index is 1.94. The van der Waals surface area contributed by atoms with E-state index in [2.05, 4.69) is 20.9 Å². The average Bonchev–Trinajstić information content (AvgIpc) is 2.97. The summed E-state index contributed by atoms with van der Waals surface area (Å²) in [6.45, 7) is 0.560. The van der Waals surface area contributed by atoms with Gasteiger partial charge in [0.05, 0.1) is 5.92 Å².